The van der Waals surface area contributed by atoms with Crippen molar-refractivity contribution in [3.63, 3.8) is 0 Å². The van der Waals surface area contributed by atoms with Crippen LogP contribution in [0.3, 0.4) is 0 Å². The van der Waals surface area contributed by atoms with Crippen molar-refractivity contribution in [1.82, 2.24) is 10.3 Å². The number of hydrogen-bond donors (Lipinski definition) is 2. The van der Waals surface area contributed by atoms with Crippen LogP contribution >= 0.6 is 11.8 Å². The first-order chi connectivity index (χ1) is 33.0. The average Bonchev–Trinajstić information content (AvgIpc) is 3.35. The Morgan fingerprint density at radius 3 is 1.74 bits per heavy atom. The van der Waals surface area contributed by atoms with Crippen LogP contribution in [0.2, 0.25) is 0 Å². The summed E-state index contributed by atoms with van der Waals surface area (Å²) in [7, 11) is 1.63. The number of carbonyl (C=O) groups excluding carboxylic acids is 3. The molecule has 3 aromatic carbocycles. The second kappa shape index (κ2) is 32.0. The van der Waals surface area contributed by atoms with Crippen molar-refractivity contribution in [3.05, 3.63) is 113 Å². The first kappa shape index (κ1) is 55.6. The van der Waals surface area contributed by atoms with Gasteiger partial charge in [0.05, 0.1) is 116 Å². The molecule has 0 saturated carbocycles. The first-order valence-corrected chi connectivity index (χ1v) is 23.4. The van der Waals surface area contributed by atoms with Crippen LogP contribution in [0, 0.1) is 0 Å². The molecular formula is C49H63F3N4O11S. The molecule has 15 nitrogen and oxygen atoms in total. The van der Waals surface area contributed by atoms with Gasteiger partial charge in [-0.15, -0.1) is 0 Å². The fourth-order valence-corrected chi connectivity index (χ4v) is 7.00. The lowest BCUT2D eigenvalue weighted by Crippen LogP contribution is -2.23. The molecule has 0 bridgehead atoms. The van der Waals surface area contributed by atoms with Crippen LogP contribution in [-0.2, 0) is 50.6 Å². The number of thioether (sulfide) groups is 1. The summed E-state index contributed by atoms with van der Waals surface area (Å²) in [4.78, 5) is 46.7. The number of hydrogen-bond acceptors (Lipinski definition) is 14. The fraction of sp³-hybridized carbons (Fsp3) is 0.469. The zero-order valence-electron chi connectivity index (χ0n) is 38.9. The van der Waals surface area contributed by atoms with E-state index in [0.717, 1.165) is 29.6 Å². The molecule has 0 aliphatic carbocycles. The summed E-state index contributed by atoms with van der Waals surface area (Å²) in [5, 5.41) is 5.42. The number of ether oxygens (including phenoxy) is 8. The fourth-order valence-electron chi connectivity index (χ4n) is 6.32. The van der Waals surface area contributed by atoms with Crippen molar-refractivity contribution < 1.29 is 65.4 Å². The van der Waals surface area contributed by atoms with E-state index in [1.165, 1.54) is 30.5 Å². The van der Waals surface area contributed by atoms with Gasteiger partial charge in [-0.3, -0.25) is 19.4 Å². The summed E-state index contributed by atoms with van der Waals surface area (Å²) < 4.78 is 83.0. The molecule has 0 aliphatic rings. The number of amides is 2. The van der Waals surface area contributed by atoms with E-state index in [0.29, 0.717) is 146 Å². The second-order valence-corrected chi connectivity index (χ2v) is 15.7. The number of anilines is 2. The number of pyridine rings is 1. The zero-order valence-corrected chi connectivity index (χ0v) is 39.8. The lowest BCUT2D eigenvalue weighted by molar-refractivity contribution is -0.137. The highest BCUT2D eigenvalue weighted by atomic mass is 32.2. The number of carbonyl (C=O) groups is 3. The number of benzene rings is 3. The number of halogens is 3. The Morgan fingerprint density at radius 1 is 0.618 bits per heavy atom. The number of nitrogens with one attached hydrogen (secondary N) is 2. The zero-order chi connectivity index (χ0) is 48.8. The van der Waals surface area contributed by atoms with Crippen molar-refractivity contribution in [2.75, 3.05) is 135 Å². The molecule has 68 heavy (non-hydrogen) atoms. The molecular weight excluding hydrogens is 910 g/mol. The van der Waals surface area contributed by atoms with E-state index in [2.05, 4.69) is 20.5 Å². The topological polar surface area (TPSA) is 165 Å². The number of aromatic nitrogens is 1. The van der Waals surface area contributed by atoms with Crippen LogP contribution in [0.15, 0.2) is 85.1 Å². The van der Waals surface area contributed by atoms with Gasteiger partial charge in [-0.2, -0.15) is 13.2 Å². The molecule has 0 radical (unpaired) electrons. The smallest absolute Gasteiger partial charge is 0.382 e. The SMILES string of the molecule is CCN(CC)c1ccc(NC(=O)c2cccc(C(=O)SCCOCCOCCOCCOCCOCCOCCOCCOC)c2)c(-c2cc(C(=O)NCc3cccc(C(F)(F)F)c3)ccn2)c1. The minimum atomic E-state index is -4.51. The van der Waals surface area contributed by atoms with Crippen molar-refractivity contribution in [3.8, 4) is 11.3 Å². The van der Waals surface area contributed by atoms with Gasteiger partial charge in [0.25, 0.3) is 11.8 Å². The summed E-state index contributed by atoms with van der Waals surface area (Å²) in [5.74, 6) is -0.574. The molecule has 0 unspecified atom stereocenters. The molecule has 372 valence electrons. The van der Waals surface area contributed by atoms with E-state index in [-0.39, 0.29) is 22.8 Å². The maximum atomic E-state index is 13.7. The summed E-state index contributed by atoms with van der Waals surface area (Å²) in [5.41, 5.74) is 2.52. The van der Waals surface area contributed by atoms with E-state index < -0.39 is 23.6 Å². The predicted molar refractivity (Wildman–Crippen MR) is 255 cm³/mol. The Labute approximate surface area is 400 Å². The summed E-state index contributed by atoms with van der Waals surface area (Å²) >= 11 is 1.08. The second-order valence-electron chi connectivity index (χ2n) is 14.7. The lowest BCUT2D eigenvalue weighted by Gasteiger charge is -2.23. The number of rotatable bonds is 34. The van der Waals surface area contributed by atoms with Gasteiger partial charge in [0.1, 0.15) is 0 Å². The number of nitrogens with zero attached hydrogens (tertiary/aromatic N) is 2. The Bertz CT molecular complexity index is 2110. The van der Waals surface area contributed by atoms with E-state index in [1.807, 2.05) is 26.0 Å². The normalized spacial score (nSPS) is 11.4. The van der Waals surface area contributed by atoms with Gasteiger partial charge in [0.15, 0.2) is 0 Å². The van der Waals surface area contributed by atoms with Gasteiger partial charge >= 0.3 is 6.18 Å². The summed E-state index contributed by atoms with van der Waals surface area (Å²) in [6, 6.07) is 19.8. The highest BCUT2D eigenvalue weighted by Crippen LogP contribution is 2.33. The maximum Gasteiger partial charge on any atom is 0.416 e. The molecule has 1 heterocycles. The highest BCUT2D eigenvalue weighted by Gasteiger charge is 2.30. The number of alkyl halides is 3. The van der Waals surface area contributed by atoms with E-state index in [9.17, 15) is 27.6 Å². The summed E-state index contributed by atoms with van der Waals surface area (Å²) in [6.07, 6.45) is -3.05. The molecule has 0 saturated heterocycles. The number of methoxy groups -OCH3 is 1. The minimum Gasteiger partial charge on any atom is -0.382 e. The van der Waals surface area contributed by atoms with Gasteiger partial charge in [0.2, 0.25) is 5.12 Å². The van der Waals surface area contributed by atoms with Crippen molar-refractivity contribution in [2.45, 2.75) is 26.6 Å². The molecule has 0 aliphatic heterocycles. The molecule has 0 atom stereocenters. The molecule has 4 aromatic rings. The van der Waals surface area contributed by atoms with Crippen molar-refractivity contribution >= 4 is 40.1 Å². The van der Waals surface area contributed by atoms with Crippen LogP contribution < -0.4 is 15.5 Å². The van der Waals surface area contributed by atoms with E-state index in [1.54, 1.807) is 37.4 Å². The van der Waals surface area contributed by atoms with Gasteiger partial charge < -0.3 is 53.4 Å². The van der Waals surface area contributed by atoms with Gasteiger partial charge in [-0.1, -0.05) is 36.0 Å². The van der Waals surface area contributed by atoms with Crippen LogP contribution in [-0.4, -0.2) is 147 Å². The summed E-state index contributed by atoms with van der Waals surface area (Å²) in [6.45, 7) is 12.2. The largest absolute Gasteiger partial charge is 0.416 e. The molecule has 0 spiro atoms. The van der Waals surface area contributed by atoms with Crippen LogP contribution in [0.4, 0.5) is 24.5 Å². The first-order valence-electron chi connectivity index (χ1n) is 22.4. The lowest BCUT2D eigenvalue weighted by atomic mass is 10.0. The highest BCUT2D eigenvalue weighted by molar-refractivity contribution is 8.14. The quantitative estimate of drug-likeness (QED) is 0.0444. The molecule has 4 rings (SSSR count). The van der Waals surface area contributed by atoms with E-state index >= 15 is 0 Å². The third-order valence-electron chi connectivity index (χ3n) is 9.87. The van der Waals surface area contributed by atoms with Crippen LogP contribution in [0.5, 0.6) is 0 Å². The Kier molecular flexibility index (Phi) is 26.2. The average molecular weight is 973 g/mol. The van der Waals surface area contributed by atoms with Gasteiger partial charge in [0, 0.05) is 66.6 Å². The van der Waals surface area contributed by atoms with Gasteiger partial charge in [-0.05, 0) is 74.0 Å². The standard InChI is InChI=1S/C49H63F3N4O11S/c1-4-56(5-2)42-12-13-44(43(35-42)45-34-39(14-15-53-45)46(57)54-36-37-8-6-11-41(32-37)49(50,51)52)55-47(58)38-9-7-10-40(33-38)48(59)68-31-30-67-29-28-66-27-26-65-25-24-64-23-22-63-21-20-62-19-18-61-17-16-60-3/h6-15,32-35H,4-5,16-31,36H2,1-3H3,(H,54,57)(H,55,58). The third kappa shape index (κ3) is 20.7. The van der Waals surface area contributed by atoms with E-state index in [4.69, 9.17) is 37.9 Å². The molecule has 1 aromatic heterocycles. The molecule has 19 heteroatoms. The predicted octanol–water partition coefficient (Wildman–Crippen LogP) is 7.43. The van der Waals surface area contributed by atoms with Gasteiger partial charge in [-0.25, -0.2) is 0 Å². The third-order valence-corrected chi connectivity index (χ3v) is 10.7. The van der Waals surface area contributed by atoms with Crippen molar-refractivity contribution in [2.24, 2.45) is 0 Å². The molecule has 0 fully saturated rings. The molecule has 2 N–H and O–H groups in total. The Hall–Kier alpha value is -4.96. The monoisotopic (exact) mass is 972 g/mol. The maximum absolute atomic E-state index is 13.7. The Balaban J connectivity index is 1.16. The minimum absolute atomic E-state index is 0.122. The molecule has 2 amide bonds. The van der Waals surface area contributed by atoms with Crippen LogP contribution in [0.25, 0.3) is 11.3 Å². The van der Waals surface area contributed by atoms with Crippen LogP contribution in [0.1, 0.15) is 56.0 Å². The Morgan fingerprint density at radius 2 is 1.16 bits per heavy atom. The van der Waals surface area contributed by atoms with Crippen molar-refractivity contribution in [1.29, 1.82) is 0 Å².